The van der Waals surface area contributed by atoms with Crippen LogP contribution in [0.15, 0.2) is 47.6 Å². The maximum atomic E-state index is 5.85. The highest BCUT2D eigenvalue weighted by molar-refractivity contribution is 14.0. The van der Waals surface area contributed by atoms with E-state index in [0.717, 1.165) is 40.7 Å². The molecule has 0 bridgehead atoms. The zero-order valence-corrected chi connectivity index (χ0v) is 19.9. The Morgan fingerprint density at radius 3 is 2.80 bits per heavy atom. The summed E-state index contributed by atoms with van der Waals surface area (Å²) in [5.41, 5.74) is 3.08. The van der Waals surface area contributed by atoms with Crippen molar-refractivity contribution < 1.29 is 9.47 Å². The minimum Gasteiger partial charge on any atom is -0.491 e. The Balaban J connectivity index is 0.00000320. The first kappa shape index (κ1) is 23.9. The molecule has 0 aliphatic carbocycles. The summed E-state index contributed by atoms with van der Waals surface area (Å²) in [7, 11) is 3.42. The van der Waals surface area contributed by atoms with Crippen molar-refractivity contribution in [3.63, 3.8) is 0 Å². The van der Waals surface area contributed by atoms with Crippen LogP contribution >= 0.6 is 24.0 Å². The van der Waals surface area contributed by atoms with Crippen LogP contribution in [0.1, 0.15) is 17.0 Å². The van der Waals surface area contributed by atoms with Crippen molar-refractivity contribution in [3.05, 3.63) is 59.5 Å². The van der Waals surface area contributed by atoms with Crippen LogP contribution in [0.3, 0.4) is 0 Å². The number of rotatable bonds is 9. The number of aliphatic imine (C=N–C) groups is 1. The van der Waals surface area contributed by atoms with Gasteiger partial charge in [0.15, 0.2) is 11.6 Å². The van der Waals surface area contributed by atoms with Gasteiger partial charge >= 0.3 is 0 Å². The molecule has 0 spiro atoms. The van der Waals surface area contributed by atoms with Gasteiger partial charge in [0.1, 0.15) is 18.2 Å². The number of fused-ring (bicyclic) bond motifs is 1. The Bertz CT molecular complexity index is 960. The number of hydrogen-bond acceptors (Lipinski definition) is 5. The Morgan fingerprint density at radius 2 is 2.00 bits per heavy atom. The van der Waals surface area contributed by atoms with E-state index in [1.165, 1.54) is 0 Å². The number of guanidine groups is 1. The molecule has 0 saturated heterocycles. The monoisotopic (exact) mass is 524 g/mol. The minimum atomic E-state index is 0. The van der Waals surface area contributed by atoms with Gasteiger partial charge in [-0.3, -0.25) is 9.39 Å². The lowest BCUT2D eigenvalue weighted by atomic mass is 10.1. The molecule has 9 heteroatoms. The molecule has 0 aliphatic rings. The van der Waals surface area contributed by atoms with Gasteiger partial charge < -0.3 is 20.1 Å². The number of methoxy groups -OCH3 is 1. The minimum absolute atomic E-state index is 0. The second-order valence-electron chi connectivity index (χ2n) is 6.60. The Morgan fingerprint density at radius 1 is 1.13 bits per heavy atom. The lowest BCUT2D eigenvalue weighted by molar-refractivity contribution is 0.145. The molecule has 162 valence electrons. The number of nitrogens with one attached hydrogen (secondary N) is 2. The lowest BCUT2D eigenvalue weighted by Gasteiger charge is -2.15. The topological polar surface area (TPSA) is 85.1 Å². The summed E-state index contributed by atoms with van der Waals surface area (Å²) in [5.74, 6) is 2.50. The highest BCUT2D eigenvalue weighted by atomic mass is 127. The summed E-state index contributed by atoms with van der Waals surface area (Å²) in [4.78, 5) is 4.30. The SMILES string of the molecule is CN=C(NCCc1nnc2ccccn12)NCc1ccc(C)cc1OCCOC.I. The first-order chi connectivity index (χ1) is 14.2. The van der Waals surface area contributed by atoms with E-state index in [-0.39, 0.29) is 24.0 Å². The molecule has 30 heavy (non-hydrogen) atoms. The molecule has 0 radical (unpaired) electrons. The summed E-state index contributed by atoms with van der Waals surface area (Å²) in [6.07, 6.45) is 2.71. The van der Waals surface area contributed by atoms with Crippen LogP contribution in [0.2, 0.25) is 0 Å². The van der Waals surface area contributed by atoms with Crippen molar-refractivity contribution in [2.24, 2.45) is 4.99 Å². The summed E-state index contributed by atoms with van der Waals surface area (Å²) in [5, 5.41) is 15.1. The fourth-order valence-corrected chi connectivity index (χ4v) is 2.93. The summed E-state index contributed by atoms with van der Waals surface area (Å²) in [6.45, 7) is 4.43. The van der Waals surface area contributed by atoms with E-state index >= 15 is 0 Å². The first-order valence-electron chi connectivity index (χ1n) is 9.65. The average molecular weight is 524 g/mol. The summed E-state index contributed by atoms with van der Waals surface area (Å²) < 4.78 is 12.9. The van der Waals surface area contributed by atoms with Crippen LogP contribution in [-0.2, 0) is 17.7 Å². The predicted molar refractivity (Wildman–Crippen MR) is 129 cm³/mol. The van der Waals surface area contributed by atoms with Crippen molar-refractivity contribution >= 4 is 35.6 Å². The standard InChI is InChI=1S/C21H28N6O2.HI/c1-16-7-8-17(18(14-16)29-13-12-28-3)15-24-21(22-2)23-10-9-20-26-25-19-6-4-5-11-27(19)20;/h4-8,11,14H,9-10,12-13,15H2,1-3H3,(H2,22,23,24);1H. The van der Waals surface area contributed by atoms with Crippen molar-refractivity contribution in [2.45, 2.75) is 19.9 Å². The van der Waals surface area contributed by atoms with Crippen LogP contribution < -0.4 is 15.4 Å². The number of ether oxygens (including phenoxy) is 2. The van der Waals surface area contributed by atoms with E-state index in [1.54, 1.807) is 14.2 Å². The van der Waals surface area contributed by atoms with E-state index in [2.05, 4.69) is 44.9 Å². The maximum Gasteiger partial charge on any atom is 0.191 e. The quantitative estimate of drug-likeness (QED) is 0.194. The van der Waals surface area contributed by atoms with Gasteiger partial charge in [0.2, 0.25) is 0 Å². The Hall–Kier alpha value is -2.40. The molecule has 0 aliphatic heterocycles. The van der Waals surface area contributed by atoms with Crippen LogP contribution in [0, 0.1) is 6.92 Å². The molecule has 2 heterocycles. The van der Waals surface area contributed by atoms with E-state index in [1.807, 2.05) is 34.9 Å². The normalized spacial score (nSPS) is 11.2. The lowest BCUT2D eigenvalue weighted by Crippen LogP contribution is -2.38. The molecular weight excluding hydrogens is 495 g/mol. The van der Waals surface area contributed by atoms with Crippen LogP contribution in [-0.4, -0.2) is 54.5 Å². The molecule has 0 fully saturated rings. The molecule has 3 aromatic rings. The molecule has 0 amide bonds. The highest BCUT2D eigenvalue weighted by Gasteiger charge is 2.07. The fourth-order valence-electron chi connectivity index (χ4n) is 2.93. The van der Waals surface area contributed by atoms with Crippen molar-refractivity contribution in [3.8, 4) is 5.75 Å². The van der Waals surface area contributed by atoms with E-state index in [0.29, 0.717) is 26.3 Å². The molecule has 1 aromatic carbocycles. The number of nitrogens with zero attached hydrogens (tertiary/aromatic N) is 4. The van der Waals surface area contributed by atoms with Gasteiger partial charge in [-0.2, -0.15) is 0 Å². The van der Waals surface area contributed by atoms with E-state index in [4.69, 9.17) is 9.47 Å². The second-order valence-corrected chi connectivity index (χ2v) is 6.60. The maximum absolute atomic E-state index is 5.85. The summed E-state index contributed by atoms with van der Waals surface area (Å²) in [6, 6.07) is 12.1. The third-order valence-corrected chi connectivity index (χ3v) is 4.46. The molecule has 3 rings (SSSR count). The highest BCUT2D eigenvalue weighted by Crippen LogP contribution is 2.20. The average Bonchev–Trinajstić information content (AvgIpc) is 3.15. The zero-order valence-electron chi connectivity index (χ0n) is 17.6. The molecule has 8 nitrogen and oxygen atoms in total. The van der Waals surface area contributed by atoms with Crippen LogP contribution in [0.5, 0.6) is 5.75 Å². The number of halogens is 1. The zero-order chi connectivity index (χ0) is 20.5. The van der Waals surface area contributed by atoms with Gasteiger partial charge in [-0.05, 0) is 30.7 Å². The van der Waals surface area contributed by atoms with Crippen LogP contribution in [0.25, 0.3) is 5.65 Å². The molecule has 2 N–H and O–H groups in total. The third kappa shape index (κ3) is 6.56. The van der Waals surface area contributed by atoms with Crippen molar-refractivity contribution in [1.29, 1.82) is 0 Å². The number of aryl methyl sites for hydroxylation is 1. The number of aromatic nitrogens is 3. The fraction of sp³-hybridized carbons (Fsp3) is 0.381. The van der Waals surface area contributed by atoms with Gasteiger partial charge in [0, 0.05) is 45.4 Å². The second kappa shape index (κ2) is 12.3. The van der Waals surface area contributed by atoms with Gasteiger partial charge in [0.25, 0.3) is 0 Å². The van der Waals surface area contributed by atoms with Gasteiger partial charge in [0.05, 0.1) is 6.61 Å². The van der Waals surface area contributed by atoms with Crippen molar-refractivity contribution in [1.82, 2.24) is 25.2 Å². The molecule has 0 atom stereocenters. The Labute approximate surface area is 194 Å². The molecular formula is C21H29IN6O2. The number of hydrogen-bond donors (Lipinski definition) is 2. The number of pyridine rings is 1. The van der Waals surface area contributed by atoms with Gasteiger partial charge in [-0.15, -0.1) is 34.2 Å². The third-order valence-electron chi connectivity index (χ3n) is 4.46. The van der Waals surface area contributed by atoms with Crippen molar-refractivity contribution in [2.75, 3.05) is 33.9 Å². The largest absolute Gasteiger partial charge is 0.491 e. The molecule has 0 unspecified atom stereocenters. The van der Waals surface area contributed by atoms with E-state index in [9.17, 15) is 0 Å². The Kier molecular flexibility index (Phi) is 9.81. The molecule has 2 aromatic heterocycles. The smallest absolute Gasteiger partial charge is 0.191 e. The van der Waals surface area contributed by atoms with Gasteiger partial charge in [-0.1, -0.05) is 18.2 Å². The summed E-state index contributed by atoms with van der Waals surface area (Å²) >= 11 is 0. The van der Waals surface area contributed by atoms with Crippen LogP contribution in [0.4, 0.5) is 0 Å². The van der Waals surface area contributed by atoms with E-state index < -0.39 is 0 Å². The number of benzene rings is 1. The molecule has 0 saturated carbocycles. The first-order valence-corrected chi connectivity index (χ1v) is 9.65. The van der Waals surface area contributed by atoms with Gasteiger partial charge in [-0.25, -0.2) is 0 Å². The predicted octanol–water partition coefficient (Wildman–Crippen LogP) is 2.59.